The molecule has 19 heavy (non-hydrogen) atoms. The summed E-state index contributed by atoms with van der Waals surface area (Å²) in [4.78, 5) is 12.7. The van der Waals surface area contributed by atoms with E-state index in [4.69, 9.17) is 5.73 Å². The van der Waals surface area contributed by atoms with E-state index in [2.05, 4.69) is 5.32 Å². The Morgan fingerprint density at radius 1 is 1.32 bits per heavy atom. The molecule has 0 radical (unpaired) electrons. The van der Waals surface area contributed by atoms with Gasteiger partial charge < -0.3 is 11.1 Å². The lowest BCUT2D eigenvalue weighted by Gasteiger charge is -2.31. The molecule has 0 aliphatic rings. The van der Waals surface area contributed by atoms with Crippen molar-refractivity contribution in [3.05, 3.63) is 0 Å². The molecule has 1 amide bonds. The van der Waals surface area contributed by atoms with Gasteiger partial charge >= 0.3 is 6.18 Å². The molecule has 7 heteroatoms. The predicted molar refractivity (Wildman–Crippen MR) is 68.7 cm³/mol. The van der Waals surface area contributed by atoms with E-state index < -0.39 is 24.2 Å². The minimum absolute atomic E-state index is 0.173. The summed E-state index contributed by atoms with van der Waals surface area (Å²) in [7, 11) is 0. The van der Waals surface area contributed by atoms with E-state index in [0.29, 0.717) is 6.54 Å². The number of alkyl halides is 3. The van der Waals surface area contributed by atoms with Gasteiger partial charge in [0, 0.05) is 6.54 Å². The van der Waals surface area contributed by atoms with E-state index >= 15 is 0 Å². The Labute approximate surface area is 112 Å². The van der Waals surface area contributed by atoms with Gasteiger partial charge in [-0.3, -0.25) is 9.69 Å². The van der Waals surface area contributed by atoms with Crippen molar-refractivity contribution in [2.75, 3.05) is 26.2 Å². The zero-order valence-corrected chi connectivity index (χ0v) is 11.8. The molecular formula is C12H24F3N3O. The van der Waals surface area contributed by atoms with Crippen LogP contribution in [-0.2, 0) is 4.79 Å². The van der Waals surface area contributed by atoms with Crippen molar-refractivity contribution in [2.24, 2.45) is 5.73 Å². The van der Waals surface area contributed by atoms with Crippen LogP contribution in [-0.4, -0.2) is 48.7 Å². The van der Waals surface area contributed by atoms with Gasteiger partial charge in [-0.15, -0.1) is 0 Å². The highest BCUT2D eigenvalue weighted by molar-refractivity contribution is 5.84. The second-order valence-electron chi connectivity index (χ2n) is 4.86. The molecule has 114 valence electrons. The van der Waals surface area contributed by atoms with E-state index in [1.807, 2.05) is 6.92 Å². The van der Waals surface area contributed by atoms with Crippen LogP contribution in [0.2, 0.25) is 0 Å². The fourth-order valence-corrected chi connectivity index (χ4v) is 1.68. The smallest absolute Gasteiger partial charge is 0.368 e. The Morgan fingerprint density at radius 2 is 1.89 bits per heavy atom. The molecule has 1 atom stereocenters. The number of nitrogens with one attached hydrogen (secondary N) is 1. The third-order valence-corrected chi connectivity index (χ3v) is 3.09. The number of rotatable bonds is 9. The van der Waals surface area contributed by atoms with Gasteiger partial charge in [-0.05, 0) is 32.9 Å². The Balaban J connectivity index is 4.48. The molecule has 0 heterocycles. The molecule has 0 aromatic carbocycles. The number of halogens is 3. The number of hydrogen-bond acceptors (Lipinski definition) is 3. The quantitative estimate of drug-likeness (QED) is 0.674. The van der Waals surface area contributed by atoms with Crippen LogP contribution in [0.4, 0.5) is 13.2 Å². The first-order valence-corrected chi connectivity index (χ1v) is 6.48. The van der Waals surface area contributed by atoms with E-state index in [1.165, 1.54) is 4.90 Å². The molecular weight excluding hydrogens is 259 g/mol. The number of carbonyl (C=O) groups excluding carboxylic acids is 1. The zero-order valence-electron chi connectivity index (χ0n) is 11.8. The first kappa shape index (κ1) is 18.2. The van der Waals surface area contributed by atoms with Gasteiger partial charge in [-0.2, -0.15) is 13.2 Å². The number of carbonyl (C=O) groups is 1. The number of nitrogens with two attached hydrogens (primary N) is 1. The van der Waals surface area contributed by atoms with Crippen LogP contribution in [0.15, 0.2) is 0 Å². The number of amides is 1. The van der Waals surface area contributed by atoms with E-state index in [0.717, 1.165) is 6.42 Å². The van der Waals surface area contributed by atoms with Gasteiger partial charge in [0.25, 0.3) is 0 Å². The van der Waals surface area contributed by atoms with E-state index in [9.17, 15) is 18.0 Å². The highest BCUT2D eigenvalue weighted by Crippen LogP contribution is 2.18. The Morgan fingerprint density at radius 3 is 2.26 bits per heavy atom. The van der Waals surface area contributed by atoms with Crippen LogP contribution in [0.1, 0.15) is 33.6 Å². The van der Waals surface area contributed by atoms with E-state index in [-0.39, 0.29) is 19.5 Å². The maximum atomic E-state index is 12.3. The van der Waals surface area contributed by atoms with Gasteiger partial charge in [-0.25, -0.2) is 0 Å². The molecule has 4 nitrogen and oxygen atoms in total. The first-order chi connectivity index (χ1) is 8.64. The van der Waals surface area contributed by atoms with Crippen LogP contribution in [0.25, 0.3) is 0 Å². The largest absolute Gasteiger partial charge is 0.401 e. The molecule has 0 aliphatic heterocycles. The van der Waals surface area contributed by atoms with Crippen molar-refractivity contribution in [1.82, 2.24) is 10.2 Å². The van der Waals surface area contributed by atoms with Crippen LogP contribution in [0.3, 0.4) is 0 Å². The molecule has 0 bridgehead atoms. The summed E-state index contributed by atoms with van der Waals surface area (Å²) >= 11 is 0. The zero-order chi connectivity index (χ0) is 15.1. The molecule has 0 aromatic heterocycles. The van der Waals surface area contributed by atoms with Gasteiger partial charge in [0.05, 0.1) is 12.1 Å². The lowest BCUT2D eigenvalue weighted by molar-refractivity contribution is -0.146. The molecule has 0 aliphatic carbocycles. The molecule has 3 N–H and O–H groups in total. The fraction of sp³-hybridized carbons (Fsp3) is 0.917. The molecule has 1 unspecified atom stereocenters. The van der Waals surface area contributed by atoms with Crippen molar-refractivity contribution in [3.63, 3.8) is 0 Å². The average Bonchev–Trinajstić information content (AvgIpc) is 2.30. The molecule has 0 saturated carbocycles. The topological polar surface area (TPSA) is 58.4 Å². The standard InChI is InChI=1S/C12H24F3N3O/c1-4-7-17-11(3,10(16)19)6-8-18(5-2)9-12(13,14)15/h17H,4-9H2,1-3H3,(H2,16,19). The van der Waals surface area contributed by atoms with Crippen LogP contribution in [0.5, 0.6) is 0 Å². The molecule has 0 aromatic rings. The lowest BCUT2D eigenvalue weighted by atomic mass is 9.96. The van der Waals surface area contributed by atoms with Crippen molar-refractivity contribution in [3.8, 4) is 0 Å². The summed E-state index contributed by atoms with van der Waals surface area (Å²) in [6, 6.07) is 0. The summed E-state index contributed by atoms with van der Waals surface area (Å²) < 4.78 is 37.0. The summed E-state index contributed by atoms with van der Waals surface area (Å²) in [6.45, 7) is 5.32. The Kier molecular flexibility index (Phi) is 7.36. The average molecular weight is 283 g/mol. The minimum atomic E-state index is -4.23. The second kappa shape index (κ2) is 7.69. The van der Waals surface area contributed by atoms with Gasteiger partial charge in [0.15, 0.2) is 0 Å². The van der Waals surface area contributed by atoms with Crippen LogP contribution >= 0.6 is 0 Å². The first-order valence-electron chi connectivity index (χ1n) is 6.48. The van der Waals surface area contributed by atoms with Gasteiger partial charge in [-0.1, -0.05) is 13.8 Å². The fourth-order valence-electron chi connectivity index (χ4n) is 1.68. The normalized spacial score (nSPS) is 15.5. The minimum Gasteiger partial charge on any atom is -0.368 e. The Bertz CT molecular complexity index is 284. The van der Waals surface area contributed by atoms with Gasteiger partial charge in [0.2, 0.25) is 5.91 Å². The monoisotopic (exact) mass is 283 g/mol. The molecule has 0 fully saturated rings. The summed E-state index contributed by atoms with van der Waals surface area (Å²) in [5, 5.41) is 3.01. The lowest BCUT2D eigenvalue weighted by Crippen LogP contribution is -2.55. The molecule has 0 saturated heterocycles. The maximum Gasteiger partial charge on any atom is 0.401 e. The Hall–Kier alpha value is -0.820. The van der Waals surface area contributed by atoms with Crippen molar-refractivity contribution in [1.29, 1.82) is 0 Å². The van der Waals surface area contributed by atoms with Crippen LogP contribution < -0.4 is 11.1 Å². The second-order valence-corrected chi connectivity index (χ2v) is 4.86. The number of nitrogens with zero attached hydrogens (tertiary/aromatic N) is 1. The number of hydrogen-bond donors (Lipinski definition) is 2. The highest BCUT2D eigenvalue weighted by Gasteiger charge is 2.33. The third-order valence-electron chi connectivity index (χ3n) is 3.09. The number of primary amides is 1. The third kappa shape index (κ3) is 7.37. The SMILES string of the molecule is CCCNC(C)(CCN(CC)CC(F)(F)F)C(N)=O. The highest BCUT2D eigenvalue weighted by atomic mass is 19.4. The van der Waals surface area contributed by atoms with Crippen molar-refractivity contribution >= 4 is 5.91 Å². The maximum absolute atomic E-state index is 12.3. The summed E-state index contributed by atoms with van der Waals surface area (Å²) in [5.74, 6) is -0.538. The summed E-state index contributed by atoms with van der Waals surface area (Å²) in [5.41, 5.74) is 4.36. The predicted octanol–water partition coefficient (Wildman–Crippen LogP) is 1.50. The van der Waals surface area contributed by atoms with Crippen molar-refractivity contribution < 1.29 is 18.0 Å². The van der Waals surface area contributed by atoms with Gasteiger partial charge in [0.1, 0.15) is 0 Å². The van der Waals surface area contributed by atoms with Crippen molar-refractivity contribution in [2.45, 2.75) is 45.3 Å². The summed E-state index contributed by atoms with van der Waals surface area (Å²) in [6.07, 6.45) is -3.15. The molecule has 0 rings (SSSR count). The molecule has 0 spiro atoms. The van der Waals surface area contributed by atoms with Crippen LogP contribution in [0, 0.1) is 0 Å². The van der Waals surface area contributed by atoms with E-state index in [1.54, 1.807) is 13.8 Å².